The fraction of sp³-hybridized carbons (Fsp3) is 0.917. The topological polar surface area (TPSA) is 103 Å². The largest absolute Gasteiger partial charge is 0.369 e. The Morgan fingerprint density at radius 1 is 1.28 bits per heavy atom. The highest BCUT2D eigenvalue weighted by molar-refractivity contribution is 7.92. The van der Waals surface area contributed by atoms with E-state index in [9.17, 15) is 13.2 Å². The summed E-state index contributed by atoms with van der Waals surface area (Å²) in [4.78, 5) is 10.8. The van der Waals surface area contributed by atoms with Gasteiger partial charge in [0.15, 0.2) is 9.84 Å². The van der Waals surface area contributed by atoms with Gasteiger partial charge in [-0.3, -0.25) is 4.79 Å². The van der Waals surface area contributed by atoms with Crippen LogP contribution in [0.5, 0.6) is 0 Å². The zero-order valence-corrected chi connectivity index (χ0v) is 12.2. The van der Waals surface area contributed by atoms with Crippen molar-refractivity contribution in [1.82, 2.24) is 0 Å². The molecule has 1 amide bonds. The molecule has 0 saturated heterocycles. The number of nitrogens with two attached hydrogens (primary N) is 2. The van der Waals surface area contributed by atoms with Gasteiger partial charge in [-0.15, -0.1) is 0 Å². The summed E-state index contributed by atoms with van der Waals surface area (Å²) in [6.45, 7) is 6.31. The Balaban J connectivity index is 2.89. The predicted octanol–water partition coefficient (Wildman–Crippen LogP) is 0.429. The van der Waals surface area contributed by atoms with Crippen molar-refractivity contribution in [3.05, 3.63) is 0 Å². The van der Waals surface area contributed by atoms with Crippen LogP contribution >= 0.6 is 0 Å². The van der Waals surface area contributed by atoms with Crippen LogP contribution in [0.4, 0.5) is 0 Å². The lowest BCUT2D eigenvalue weighted by molar-refractivity contribution is -0.115. The maximum absolute atomic E-state index is 12.1. The van der Waals surface area contributed by atoms with E-state index in [4.69, 9.17) is 11.5 Å². The molecule has 0 heterocycles. The maximum Gasteiger partial charge on any atom is 0.232 e. The Labute approximate surface area is 109 Å². The maximum atomic E-state index is 12.1. The highest BCUT2D eigenvalue weighted by Gasteiger charge is 2.41. The first-order valence-electron chi connectivity index (χ1n) is 6.29. The molecule has 0 bridgehead atoms. The molecule has 3 unspecified atom stereocenters. The summed E-state index contributed by atoms with van der Waals surface area (Å²) in [6.07, 6.45) is 2.15. The fourth-order valence-electron chi connectivity index (χ4n) is 2.66. The Bertz CT molecular complexity index is 412. The first-order valence-corrected chi connectivity index (χ1v) is 8.01. The summed E-state index contributed by atoms with van der Waals surface area (Å²) in [7, 11) is -3.52. The number of hydrogen-bond acceptors (Lipinski definition) is 4. The molecular formula is C12H24N2O3S. The second-order valence-electron chi connectivity index (χ2n) is 6.35. The van der Waals surface area contributed by atoms with Gasteiger partial charge in [-0.2, -0.15) is 0 Å². The smallest absolute Gasteiger partial charge is 0.232 e. The van der Waals surface area contributed by atoms with Crippen LogP contribution in [0.1, 0.15) is 40.0 Å². The van der Waals surface area contributed by atoms with Crippen molar-refractivity contribution in [2.75, 3.05) is 5.75 Å². The summed E-state index contributed by atoms with van der Waals surface area (Å²) in [5.41, 5.74) is 11.0. The van der Waals surface area contributed by atoms with Crippen molar-refractivity contribution < 1.29 is 13.2 Å². The molecule has 3 atom stereocenters. The molecule has 0 spiro atoms. The van der Waals surface area contributed by atoms with E-state index in [1.54, 1.807) is 0 Å². The SMILES string of the molecule is CC(C)(C)C1CCC(N)C(S(=O)(=O)CC(N)=O)C1. The van der Waals surface area contributed by atoms with Crippen LogP contribution in [0.15, 0.2) is 0 Å². The summed E-state index contributed by atoms with van der Waals surface area (Å²) >= 11 is 0. The molecule has 106 valence electrons. The molecule has 18 heavy (non-hydrogen) atoms. The molecule has 0 aromatic heterocycles. The first-order chi connectivity index (χ1) is 8.04. The molecule has 4 N–H and O–H groups in total. The van der Waals surface area contributed by atoms with Crippen LogP contribution in [0.25, 0.3) is 0 Å². The van der Waals surface area contributed by atoms with Gasteiger partial charge in [0.05, 0.1) is 5.25 Å². The van der Waals surface area contributed by atoms with Crippen LogP contribution in [0, 0.1) is 11.3 Å². The van der Waals surface area contributed by atoms with Crippen LogP contribution < -0.4 is 11.5 Å². The Morgan fingerprint density at radius 3 is 2.28 bits per heavy atom. The minimum absolute atomic E-state index is 0.0562. The van der Waals surface area contributed by atoms with Gasteiger partial charge in [-0.25, -0.2) is 8.42 Å². The second-order valence-corrected chi connectivity index (χ2v) is 8.57. The summed E-state index contributed by atoms with van der Waals surface area (Å²) < 4.78 is 24.2. The highest BCUT2D eigenvalue weighted by Crippen LogP contribution is 2.39. The van der Waals surface area contributed by atoms with Crippen LogP contribution in [0.3, 0.4) is 0 Å². The van der Waals surface area contributed by atoms with Crippen LogP contribution in [0.2, 0.25) is 0 Å². The Kier molecular flexibility index (Phi) is 4.43. The van der Waals surface area contributed by atoms with E-state index in [0.717, 1.165) is 6.42 Å². The Morgan fingerprint density at radius 2 is 1.83 bits per heavy atom. The number of primary amides is 1. The fourth-order valence-corrected chi connectivity index (χ4v) is 4.46. The van der Waals surface area contributed by atoms with Crippen molar-refractivity contribution in [3.8, 4) is 0 Å². The summed E-state index contributed by atoms with van der Waals surface area (Å²) in [5.74, 6) is -1.09. The van der Waals surface area contributed by atoms with Crippen LogP contribution in [-0.2, 0) is 14.6 Å². The second kappa shape index (κ2) is 5.17. The van der Waals surface area contributed by atoms with Gasteiger partial charge in [0.1, 0.15) is 5.75 Å². The Hall–Kier alpha value is -0.620. The number of rotatable bonds is 3. The first kappa shape index (κ1) is 15.4. The number of sulfone groups is 1. The van der Waals surface area contributed by atoms with Gasteiger partial charge in [-0.1, -0.05) is 20.8 Å². The lowest BCUT2D eigenvalue weighted by Crippen LogP contribution is -2.49. The lowest BCUT2D eigenvalue weighted by atomic mass is 9.71. The molecule has 1 rings (SSSR count). The molecule has 5 nitrogen and oxygen atoms in total. The minimum atomic E-state index is -3.52. The van der Waals surface area contributed by atoms with Gasteiger partial charge in [0.2, 0.25) is 5.91 Å². The zero-order valence-electron chi connectivity index (χ0n) is 11.3. The van der Waals surface area contributed by atoms with E-state index in [2.05, 4.69) is 20.8 Å². The van der Waals surface area contributed by atoms with E-state index in [1.807, 2.05) is 0 Å². The number of hydrogen-bond donors (Lipinski definition) is 2. The minimum Gasteiger partial charge on any atom is -0.369 e. The molecule has 0 radical (unpaired) electrons. The molecule has 0 aromatic rings. The van der Waals surface area contributed by atoms with E-state index in [1.165, 1.54) is 0 Å². The average molecular weight is 276 g/mol. The standard InChI is InChI=1S/C12H24N2O3S/c1-12(2,3)8-4-5-9(13)10(6-8)18(16,17)7-11(14)15/h8-10H,4-7,13H2,1-3H3,(H2,14,15). The van der Waals surface area contributed by atoms with E-state index < -0.39 is 26.7 Å². The molecular weight excluding hydrogens is 252 g/mol. The van der Waals surface area contributed by atoms with Crippen molar-refractivity contribution >= 4 is 15.7 Å². The summed E-state index contributed by atoms with van der Waals surface area (Å²) in [5, 5.41) is -0.636. The third-order valence-electron chi connectivity index (χ3n) is 3.87. The lowest BCUT2D eigenvalue weighted by Gasteiger charge is -2.40. The van der Waals surface area contributed by atoms with E-state index >= 15 is 0 Å². The predicted molar refractivity (Wildman–Crippen MR) is 71.5 cm³/mol. The van der Waals surface area contributed by atoms with Crippen molar-refractivity contribution in [1.29, 1.82) is 0 Å². The van der Waals surface area contributed by atoms with E-state index in [-0.39, 0.29) is 11.5 Å². The van der Waals surface area contributed by atoms with Gasteiger partial charge in [0.25, 0.3) is 0 Å². The van der Waals surface area contributed by atoms with Gasteiger partial charge < -0.3 is 11.5 Å². The molecule has 1 aliphatic carbocycles. The molecule has 1 saturated carbocycles. The van der Waals surface area contributed by atoms with Gasteiger partial charge in [0, 0.05) is 6.04 Å². The number of carbonyl (C=O) groups is 1. The third kappa shape index (κ3) is 3.68. The number of amides is 1. The summed E-state index contributed by atoms with van der Waals surface area (Å²) in [6, 6.07) is -0.382. The normalized spacial score (nSPS) is 30.1. The number of carbonyl (C=O) groups excluding carboxylic acids is 1. The van der Waals surface area contributed by atoms with Gasteiger partial charge >= 0.3 is 0 Å². The monoisotopic (exact) mass is 276 g/mol. The molecule has 1 fully saturated rings. The average Bonchev–Trinajstić information content (AvgIpc) is 2.13. The molecule has 0 aromatic carbocycles. The van der Waals surface area contributed by atoms with Crippen molar-refractivity contribution in [3.63, 3.8) is 0 Å². The van der Waals surface area contributed by atoms with Gasteiger partial charge in [-0.05, 0) is 30.6 Å². The molecule has 6 heteroatoms. The highest BCUT2D eigenvalue weighted by atomic mass is 32.2. The molecule has 0 aliphatic heterocycles. The molecule has 1 aliphatic rings. The zero-order chi connectivity index (χ0) is 14.1. The third-order valence-corrected chi connectivity index (χ3v) is 6.02. The van der Waals surface area contributed by atoms with Crippen molar-refractivity contribution in [2.45, 2.75) is 51.3 Å². The van der Waals surface area contributed by atoms with Crippen LogP contribution in [-0.4, -0.2) is 31.4 Å². The van der Waals surface area contributed by atoms with E-state index in [0.29, 0.717) is 18.8 Å². The van der Waals surface area contributed by atoms with Crippen molar-refractivity contribution in [2.24, 2.45) is 22.8 Å². The quantitative estimate of drug-likeness (QED) is 0.780.